The lowest BCUT2D eigenvalue weighted by Crippen LogP contribution is -2.39. The molecule has 0 radical (unpaired) electrons. The molecule has 0 aliphatic rings. The van der Waals surface area contributed by atoms with Crippen LogP contribution in [0.4, 0.5) is 4.39 Å². The van der Waals surface area contributed by atoms with E-state index in [9.17, 15) is 19.5 Å². The van der Waals surface area contributed by atoms with E-state index in [-0.39, 0.29) is 12.1 Å². The van der Waals surface area contributed by atoms with Gasteiger partial charge in [0.25, 0.3) is 5.91 Å². The molecule has 0 aliphatic carbocycles. The largest absolute Gasteiger partial charge is 0.619 e. The Kier molecular flexibility index (Phi) is 4.18. The van der Waals surface area contributed by atoms with Crippen LogP contribution in [0.2, 0.25) is 0 Å². The van der Waals surface area contributed by atoms with Crippen LogP contribution >= 0.6 is 0 Å². The van der Waals surface area contributed by atoms with E-state index in [1.54, 1.807) is 0 Å². The van der Waals surface area contributed by atoms with Crippen molar-refractivity contribution in [1.29, 1.82) is 0 Å². The number of nitrogens with zero attached hydrogens (tertiary/aromatic N) is 1. The molecule has 1 aromatic carbocycles. The quantitative estimate of drug-likeness (QED) is 0.654. The van der Waals surface area contributed by atoms with Gasteiger partial charge in [-0.1, -0.05) is 12.1 Å². The number of benzene rings is 1. The molecule has 21 heavy (non-hydrogen) atoms. The van der Waals surface area contributed by atoms with Crippen LogP contribution < -0.4 is 10.0 Å². The fraction of sp³-hybridized carbons (Fsp3) is 0.200. The van der Waals surface area contributed by atoms with E-state index in [1.165, 1.54) is 49.5 Å². The zero-order valence-corrected chi connectivity index (χ0v) is 11.4. The summed E-state index contributed by atoms with van der Waals surface area (Å²) < 4.78 is 13.4. The summed E-state index contributed by atoms with van der Waals surface area (Å²) in [6, 6.07) is 8.34. The number of hydrogen-bond donors (Lipinski definition) is 2. The molecule has 5 nitrogen and oxygen atoms in total. The molecule has 2 aromatic rings. The van der Waals surface area contributed by atoms with E-state index in [2.05, 4.69) is 5.32 Å². The zero-order chi connectivity index (χ0) is 15.5. The van der Waals surface area contributed by atoms with Crippen LogP contribution in [0.1, 0.15) is 22.8 Å². The van der Waals surface area contributed by atoms with Gasteiger partial charge < -0.3 is 15.6 Å². The Morgan fingerprint density at radius 2 is 2.05 bits per heavy atom. The average Bonchev–Trinajstić information content (AvgIpc) is 2.45. The summed E-state index contributed by atoms with van der Waals surface area (Å²) in [4.78, 5) is 11.9. The second-order valence-electron chi connectivity index (χ2n) is 4.92. The Morgan fingerprint density at radius 1 is 1.38 bits per heavy atom. The molecule has 2 N–H and O–H groups in total. The lowest BCUT2D eigenvalue weighted by Gasteiger charge is -2.24. The van der Waals surface area contributed by atoms with E-state index in [4.69, 9.17) is 0 Å². The molecule has 0 saturated carbocycles. The molecular weight excluding hydrogens is 275 g/mol. The van der Waals surface area contributed by atoms with Crippen LogP contribution in [0, 0.1) is 11.0 Å². The van der Waals surface area contributed by atoms with Crippen molar-refractivity contribution in [3.63, 3.8) is 0 Å². The van der Waals surface area contributed by atoms with Crippen molar-refractivity contribution in [1.82, 2.24) is 5.32 Å². The molecule has 6 heteroatoms. The summed E-state index contributed by atoms with van der Waals surface area (Å²) >= 11 is 0. The van der Waals surface area contributed by atoms with E-state index in [0.717, 1.165) is 6.20 Å². The van der Waals surface area contributed by atoms with Crippen molar-refractivity contribution in [2.24, 2.45) is 0 Å². The van der Waals surface area contributed by atoms with Gasteiger partial charge in [-0.2, -0.15) is 4.73 Å². The summed E-state index contributed by atoms with van der Waals surface area (Å²) in [5, 5.41) is 24.0. The van der Waals surface area contributed by atoms with Gasteiger partial charge in [0, 0.05) is 6.07 Å². The Balaban J connectivity index is 2.04. The van der Waals surface area contributed by atoms with Crippen LogP contribution in [0.25, 0.3) is 0 Å². The monoisotopic (exact) mass is 290 g/mol. The number of carbonyl (C=O) groups excluding carboxylic acids is 1. The van der Waals surface area contributed by atoms with Gasteiger partial charge in [-0.25, -0.2) is 4.39 Å². The number of pyridine rings is 1. The Bertz CT molecular complexity index is 642. The van der Waals surface area contributed by atoms with Gasteiger partial charge >= 0.3 is 0 Å². The lowest BCUT2D eigenvalue weighted by molar-refractivity contribution is -0.605. The van der Waals surface area contributed by atoms with Gasteiger partial charge in [0.05, 0.1) is 6.54 Å². The number of aliphatic hydroxyl groups is 1. The van der Waals surface area contributed by atoms with Crippen LogP contribution in [-0.4, -0.2) is 17.6 Å². The smallest absolute Gasteiger partial charge is 0.257 e. The first-order valence-corrected chi connectivity index (χ1v) is 6.34. The topological polar surface area (TPSA) is 76.3 Å². The van der Waals surface area contributed by atoms with Gasteiger partial charge in [-0.3, -0.25) is 4.79 Å². The Morgan fingerprint density at radius 3 is 2.67 bits per heavy atom. The van der Waals surface area contributed by atoms with Gasteiger partial charge in [-0.15, -0.1) is 0 Å². The summed E-state index contributed by atoms with van der Waals surface area (Å²) in [7, 11) is 0. The first-order chi connectivity index (χ1) is 9.88. The summed E-state index contributed by atoms with van der Waals surface area (Å²) in [5.74, 6) is -0.870. The summed E-state index contributed by atoms with van der Waals surface area (Å²) in [5.41, 5.74) is -0.662. The van der Waals surface area contributed by atoms with Crippen molar-refractivity contribution in [3.05, 3.63) is 70.9 Å². The van der Waals surface area contributed by atoms with Gasteiger partial charge in [0.15, 0.2) is 12.4 Å². The van der Waals surface area contributed by atoms with Crippen LogP contribution in [0.3, 0.4) is 0 Å². The highest BCUT2D eigenvalue weighted by Crippen LogP contribution is 2.19. The highest BCUT2D eigenvalue weighted by atomic mass is 19.1. The predicted octanol–water partition coefficient (Wildman–Crippen LogP) is 1.10. The maximum atomic E-state index is 12.9. The number of rotatable bonds is 4. The molecule has 1 heterocycles. The van der Waals surface area contributed by atoms with Crippen molar-refractivity contribution in [2.75, 3.05) is 6.54 Å². The third-order valence-corrected chi connectivity index (χ3v) is 3.10. The first kappa shape index (κ1) is 14.9. The van der Waals surface area contributed by atoms with Crippen LogP contribution in [-0.2, 0) is 5.60 Å². The summed E-state index contributed by atoms with van der Waals surface area (Å²) in [6.07, 6.45) is 2.41. The third-order valence-electron chi connectivity index (χ3n) is 3.10. The van der Waals surface area contributed by atoms with E-state index < -0.39 is 17.3 Å². The minimum Gasteiger partial charge on any atom is -0.619 e. The number of aromatic nitrogens is 1. The highest BCUT2D eigenvalue weighted by molar-refractivity contribution is 5.93. The van der Waals surface area contributed by atoms with Gasteiger partial charge in [-0.05, 0) is 30.7 Å². The standard InChI is InChI=1S/C15H15FN2O3/c1-15(20,12-4-6-13(16)7-5-12)10-17-14(19)11-3-2-8-18(21)9-11/h2-9,20H,10H2,1H3,(H,17,19). The summed E-state index contributed by atoms with van der Waals surface area (Å²) in [6.45, 7) is 1.45. The maximum Gasteiger partial charge on any atom is 0.257 e. The van der Waals surface area contributed by atoms with Crippen molar-refractivity contribution in [3.8, 4) is 0 Å². The maximum absolute atomic E-state index is 12.9. The molecule has 2 rings (SSSR count). The molecule has 1 atom stereocenters. The Hall–Kier alpha value is -2.47. The first-order valence-electron chi connectivity index (χ1n) is 6.34. The van der Waals surface area contributed by atoms with Crippen LogP contribution in [0.5, 0.6) is 0 Å². The van der Waals surface area contributed by atoms with Gasteiger partial charge in [0.2, 0.25) is 0 Å². The predicted molar refractivity (Wildman–Crippen MR) is 73.7 cm³/mol. The minimum atomic E-state index is -1.34. The number of halogens is 1. The normalized spacial score (nSPS) is 13.5. The third kappa shape index (κ3) is 3.76. The molecule has 0 saturated heterocycles. The van der Waals surface area contributed by atoms with E-state index >= 15 is 0 Å². The fourth-order valence-corrected chi connectivity index (χ4v) is 1.85. The number of nitrogens with one attached hydrogen (secondary N) is 1. The van der Waals surface area contributed by atoms with Crippen molar-refractivity contribution < 1.29 is 19.0 Å². The molecule has 0 aliphatic heterocycles. The second kappa shape index (κ2) is 5.88. The number of carbonyl (C=O) groups is 1. The number of hydrogen-bond acceptors (Lipinski definition) is 3. The number of amides is 1. The second-order valence-corrected chi connectivity index (χ2v) is 4.92. The van der Waals surface area contributed by atoms with Crippen LogP contribution in [0.15, 0.2) is 48.8 Å². The minimum absolute atomic E-state index is 0.0643. The molecule has 1 amide bonds. The molecule has 0 spiro atoms. The SMILES string of the molecule is CC(O)(CNC(=O)c1ccc[n+]([O-])c1)c1ccc(F)cc1. The molecule has 1 aromatic heterocycles. The molecule has 110 valence electrons. The molecule has 0 bridgehead atoms. The Labute approximate surface area is 121 Å². The fourth-order valence-electron chi connectivity index (χ4n) is 1.85. The average molecular weight is 290 g/mol. The lowest BCUT2D eigenvalue weighted by atomic mass is 9.96. The van der Waals surface area contributed by atoms with Gasteiger partial charge in [0.1, 0.15) is 17.0 Å². The molecular formula is C15H15FN2O3. The highest BCUT2D eigenvalue weighted by Gasteiger charge is 2.24. The molecule has 1 unspecified atom stereocenters. The zero-order valence-electron chi connectivity index (χ0n) is 11.4. The molecule has 0 fully saturated rings. The van der Waals surface area contributed by atoms with E-state index in [1.807, 2.05) is 0 Å². The van der Waals surface area contributed by atoms with Crippen molar-refractivity contribution >= 4 is 5.91 Å². The van der Waals surface area contributed by atoms with Crippen molar-refractivity contribution in [2.45, 2.75) is 12.5 Å². The van der Waals surface area contributed by atoms with E-state index in [0.29, 0.717) is 10.3 Å².